The van der Waals surface area contributed by atoms with Crippen molar-refractivity contribution in [1.29, 1.82) is 0 Å². The number of hydrogen-bond donors (Lipinski definition) is 2. The Kier molecular flexibility index (Phi) is 2.41. The zero-order valence-electron chi connectivity index (χ0n) is 8.19. The number of imide groups is 1. The summed E-state index contributed by atoms with van der Waals surface area (Å²) in [5.41, 5.74) is 7.15. The van der Waals surface area contributed by atoms with E-state index in [-0.39, 0.29) is 17.7 Å². The number of piperidine rings is 1. The van der Waals surface area contributed by atoms with E-state index < -0.39 is 0 Å². The Balaban J connectivity index is 2.24. The molecular weight excluding hydrogens is 192 g/mol. The standard InChI is InChI=1S/C11H12N2O2/c12-8-3-1-2-7(6-8)9-4-5-10(14)13-11(9)15/h1-3,6,9H,4-5,12H2,(H,13,14,15). The molecule has 1 fully saturated rings. The van der Waals surface area contributed by atoms with Crippen LogP contribution < -0.4 is 11.1 Å². The summed E-state index contributed by atoms with van der Waals surface area (Å²) in [4.78, 5) is 22.5. The van der Waals surface area contributed by atoms with Gasteiger partial charge in [0.15, 0.2) is 0 Å². The highest BCUT2D eigenvalue weighted by Crippen LogP contribution is 2.25. The molecular formula is C11H12N2O2. The van der Waals surface area contributed by atoms with E-state index in [1.807, 2.05) is 12.1 Å². The lowest BCUT2D eigenvalue weighted by molar-refractivity contribution is -0.134. The van der Waals surface area contributed by atoms with Gasteiger partial charge in [-0.3, -0.25) is 14.9 Å². The zero-order valence-corrected chi connectivity index (χ0v) is 8.19. The molecule has 0 bridgehead atoms. The van der Waals surface area contributed by atoms with Gasteiger partial charge in [-0.25, -0.2) is 0 Å². The minimum absolute atomic E-state index is 0.194. The third-order valence-electron chi connectivity index (χ3n) is 2.55. The first-order valence-electron chi connectivity index (χ1n) is 4.86. The van der Waals surface area contributed by atoms with Crippen LogP contribution >= 0.6 is 0 Å². The van der Waals surface area contributed by atoms with Crippen LogP contribution in [0.3, 0.4) is 0 Å². The van der Waals surface area contributed by atoms with Crippen molar-refractivity contribution in [2.45, 2.75) is 18.8 Å². The molecule has 1 saturated heterocycles. The molecule has 15 heavy (non-hydrogen) atoms. The van der Waals surface area contributed by atoms with E-state index in [0.717, 1.165) is 5.56 Å². The Morgan fingerprint density at radius 1 is 1.33 bits per heavy atom. The van der Waals surface area contributed by atoms with Crippen molar-refractivity contribution in [2.24, 2.45) is 0 Å². The molecule has 1 aliphatic rings. The van der Waals surface area contributed by atoms with Gasteiger partial charge in [0.2, 0.25) is 11.8 Å². The van der Waals surface area contributed by atoms with Crippen LogP contribution in [0.1, 0.15) is 24.3 Å². The molecule has 78 valence electrons. The number of carbonyl (C=O) groups is 2. The highest BCUT2D eigenvalue weighted by molar-refractivity contribution is 6.00. The minimum Gasteiger partial charge on any atom is -0.399 e. The summed E-state index contributed by atoms with van der Waals surface area (Å²) in [6.07, 6.45) is 0.958. The Hall–Kier alpha value is -1.84. The molecule has 1 aliphatic heterocycles. The fourth-order valence-corrected chi connectivity index (χ4v) is 1.79. The Morgan fingerprint density at radius 2 is 2.13 bits per heavy atom. The van der Waals surface area contributed by atoms with E-state index in [4.69, 9.17) is 5.73 Å². The summed E-state index contributed by atoms with van der Waals surface area (Å²) >= 11 is 0. The zero-order chi connectivity index (χ0) is 10.8. The van der Waals surface area contributed by atoms with Gasteiger partial charge in [-0.2, -0.15) is 0 Å². The van der Waals surface area contributed by atoms with Gasteiger partial charge in [-0.05, 0) is 24.1 Å². The maximum Gasteiger partial charge on any atom is 0.234 e. The summed E-state index contributed by atoms with van der Waals surface area (Å²) in [5.74, 6) is -0.664. The van der Waals surface area contributed by atoms with E-state index in [1.54, 1.807) is 12.1 Å². The SMILES string of the molecule is Nc1cccc(C2CCC(=O)NC2=O)c1. The van der Waals surface area contributed by atoms with Crippen LogP contribution in [-0.4, -0.2) is 11.8 Å². The largest absolute Gasteiger partial charge is 0.399 e. The van der Waals surface area contributed by atoms with Gasteiger partial charge in [0.05, 0.1) is 5.92 Å². The fourth-order valence-electron chi connectivity index (χ4n) is 1.79. The summed E-state index contributed by atoms with van der Waals surface area (Å²) in [7, 11) is 0. The second-order valence-electron chi connectivity index (χ2n) is 3.67. The first kappa shape index (κ1) is 9.71. The molecule has 4 heteroatoms. The second kappa shape index (κ2) is 3.73. The number of nitrogens with one attached hydrogen (secondary N) is 1. The molecule has 1 atom stereocenters. The quantitative estimate of drug-likeness (QED) is 0.524. The molecule has 0 radical (unpaired) electrons. The van der Waals surface area contributed by atoms with Gasteiger partial charge in [0, 0.05) is 12.1 Å². The smallest absolute Gasteiger partial charge is 0.234 e. The van der Waals surface area contributed by atoms with Crippen LogP contribution in [0.2, 0.25) is 0 Å². The third kappa shape index (κ3) is 1.98. The number of anilines is 1. The van der Waals surface area contributed by atoms with E-state index >= 15 is 0 Å². The summed E-state index contributed by atoms with van der Waals surface area (Å²) in [6.45, 7) is 0. The van der Waals surface area contributed by atoms with E-state index in [0.29, 0.717) is 18.5 Å². The number of carbonyl (C=O) groups excluding carboxylic acids is 2. The predicted molar refractivity (Wildman–Crippen MR) is 56.0 cm³/mol. The molecule has 2 amide bonds. The molecule has 4 nitrogen and oxygen atoms in total. The predicted octanol–water partition coefficient (Wildman–Crippen LogP) is 0.789. The number of hydrogen-bond acceptors (Lipinski definition) is 3. The first-order valence-corrected chi connectivity index (χ1v) is 4.86. The Bertz CT molecular complexity index is 415. The molecule has 2 rings (SSSR count). The lowest BCUT2D eigenvalue weighted by Crippen LogP contribution is -2.39. The molecule has 1 heterocycles. The van der Waals surface area contributed by atoms with Crippen molar-refractivity contribution in [1.82, 2.24) is 5.32 Å². The molecule has 1 aromatic carbocycles. The van der Waals surface area contributed by atoms with Crippen LogP contribution in [0.5, 0.6) is 0 Å². The van der Waals surface area contributed by atoms with Crippen molar-refractivity contribution in [3.8, 4) is 0 Å². The number of benzene rings is 1. The first-order chi connectivity index (χ1) is 7.16. The normalized spacial score (nSPS) is 21.2. The van der Waals surface area contributed by atoms with Crippen molar-refractivity contribution in [2.75, 3.05) is 5.73 Å². The van der Waals surface area contributed by atoms with Crippen LogP contribution in [0, 0.1) is 0 Å². The van der Waals surface area contributed by atoms with Crippen LogP contribution in [0.15, 0.2) is 24.3 Å². The Labute approximate surface area is 87.5 Å². The van der Waals surface area contributed by atoms with Crippen LogP contribution in [0.25, 0.3) is 0 Å². The average Bonchev–Trinajstić information content (AvgIpc) is 2.17. The lowest BCUT2D eigenvalue weighted by atomic mass is 9.90. The topological polar surface area (TPSA) is 72.2 Å². The maximum absolute atomic E-state index is 11.5. The summed E-state index contributed by atoms with van der Waals surface area (Å²) < 4.78 is 0. The van der Waals surface area contributed by atoms with Crippen LogP contribution in [-0.2, 0) is 9.59 Å². The van der Waals surface area contributed by atoms with Crippen molar-refractivity contribution in [3.63, 3.8) is 0 Å². The molecule has 0 saturated carbocycles. The number of rotatable bonds is 1. The van der Waals surface area contributed by atoms with Gasteiger partial charge < -0.3 is 5.73 Å². The fraction of sp³-hybridized carbons (Fsp3) is 0.273. The highest BCUT2D eigenvalue weighted by Gasteiger charge is 2.27. The minimum atomic E-state index is -0.244. The van der Waals surface area contributed by atoms with Gasteiger partial charge in [0.25, 0.3) is 0 Å². The van der Waals surface area contributed by atoms with Gasteiger partial charge in [0.1, 0.15) is 0 Å². The summed E-state index contributed by atoms with van der Waals surface area (Å²) in [6, 6.07) is 7.22. The van der Waals surface area contributed by atoms with E-state index in [1.165, 1.54) is 0 Å². The van der Waals surface area contributed by atoms with Crippen molar-refractivity contribution in [3.05, 3.63) is 29.8 Å². The van der Waals surface area contributed by atoms with Crippen LogP contribution in [0.4, 0.5) is 5.69 Å². The average molecular weight is 204 g/mol. The van der Waals surface area contributed by atoms with Crippen molar-refractivity contribution >= 4 is 17.5 Å². The van der Waals surface area contributed by atoms with E-state index in [2.05, 4.69) is 5.32 Å². The van der Waals surface area contributed by atoms with E-state index in [9.17, 15) is 9.59 Å². The molecule has 1 unspecified atom stereocenters. The Morgan fingerprint density at radius 3 is 2.80 bits per heavy atom. The van der Waals surface area contributed by atoms with Gasteiger partial charge in [-0.1, -0.05) is 12.1 Å². The van der Waals surface area contributed by atoms with Crippen molar-refractivity contribution < 1.29 is 9.59 Å². The maximum atomic E-state index is 11.5. The van der Waals surface area contributed by atoms with Gasteiger partial charge >= 0.3 is 0 Å². The second-order valence-corrected chi connectivity index (χ2v) is 3.67. The number of nitrogen functional groups attached to an aromatic ring is 1. The lowest BCUT2D eigenvalue weighted by Gasteiger charge is -2.21. The third-order valence-corrected chi connectivity index (χ3v) is 2.55. The van der Waals surface area contributed by atoms with Gasteiger partial charge in [-0.15, -0.1) is 0 Å². The number of amides is 2. The molecule has 0 aromatic heterocycles. The molecule has 3 N–H and O–H groups in total. The monoisotopic (exact) mass is 204 g/mol. The molecule has 1 aromatic rings. The number of nitrogens with two attached hydrogens (primary N) is 1. The summed E-state index contributed by atoms with van der Waals surface area (Å²) in [5, 5.41) is 2.33. The molecule has 0 aliphatic carbocycles. The molecule has 0 spiro atoms. The highest BCUT2D eigenvalue weighted by atomic mass is 16.2.